The molecule has 0 unspecified atom stereocenters. The number of nitrogens with zero attached hydrogens (tertiary/aromatic N) is 2. The van der Waals surface area contributed by atoms with Crippen LogP contribution in [0.2, 0.25) is 0 Å². The van der Waals surface area contributed by atoms with Crippen LogP contribution in [0.25, 0.3) is 0 Å². The van der Waals surface area contributed by atoms with Gasteiger partial charge in [-0.3, -0.25) is 0 Å². The zero-order valence-corrected chi connectivity index (χ0v) is 22.7. The van der Waals surface area contributed by atoms with Gasteiger partial charge in [-0.2, -0.15) is 10.5 Å². The molecule has 0 aliphatic heterocycles. The molecular weight excluding hydrogens is 508 g/mol. The number of ether oxygens (including phenoxy) is 2. The Bertz CT molecular complexity index is 1250. The van der Waals surface area contributed by atoms with E-state index in [1.165, 1.54) is 0 Å². The number of nitriles is 2. The van der Waals surface area contributed by atoms with Crippen LogP contribution >= 0.6 is 23.5 Å². The van der Waals surface area contributed by atoms with Crippen molar-refractivity contribution < 1.29 is 9.47 Å². The summed E-state index contributed by atoms with van der Waals surface area (Å²) in [5.41, 5.74) is 0.722. The molecule has 0 saturated heterocycles. The van der Waals surface area contributed by atoms with Crippen molar-refractivity contribution in [1.29, 1.82) is 10.5 Å². The fraction of sp³-hybridized carbons (Fsp3) is 0.250. The lowest BCUT2D eigenvalue weighted by molar-refractivity contribution is 0.307. The molecule has 0 fully saturated rings. The van der Waals surface area contributed by atoms with Crippen molar-refractivity contribution in [2.24, 2.45) is 0 Å². The second kappa shape index (κ2) is 16.0. The van der Waals surface area contributed by atoms with Crippen LogP contribution in [0.15, 0.2) is 80.2 Å². The Morgan fingerprint density at radius 1 is 0.605 bits per heavy atom. The molecule has 6 heteroatoms. The molecule has 0 atom stereocenters. The number of hydrogen-bond acceptors (Lipinski definition) is 6. The molecule has 3 aromatic rings. The SMILES string of the molecule is C#CCCCCOc1ccc(Sc2cc(C#N)c(C#N)cc2Sc2ccc(OCCCCC#C)cc2)cc1. The summed E-state index contributed by atoms with van der Waals surface area (Å²) < 4.78 is 11.6. The minimum atomic E-state index is 0.361. The standard InChI is InChI=1S/C32H28N2O2S2/c1-3-5-7-9-19-35-27-11-15-29(16-12-27)37-31-21-25(23-33)26(24-34)22-32(31)38-30-17-13-28(14-18-30)36-20-10-8-6-4-2/h1-2,11-18,21-22H,5-10,19-20H2. The molecule has 4 nitrogen and oxygen atoms in total. The molecule has 0 aliphatic rings. The fourth-order valence-corrected chi connectivity index (χ4v) is 5.38. The zero-order chi connectivity index (χ0) is 27.0. The number of hydrogen-bond donors (Lipinski definition) is 0. The van der Waals surface area contributed by atoms with E-state index in [2.05, 4.69) is 24.0 Å². The van der Waals surface area contributed by atoms with Gasteiger partial charge in [0.2, 0.25) is 0 Å². The number of unbranched alkanes of at least 4 members (excludes halogenated alkanes) is 4. The van der Waals surface area contributed by atoms with E-state index in [1.54, 1.807) is 35.7 Å². The van der Waals surface area contributed by atoms with Gasteiger partial charge in [-0.1, -0.05) is 23.5 Å². The molecule has 0 heterocycles. The summed E-state index contributed by atoms with van der Waals surface area (Å²) in [4.78, 5) is 3.83. The smallest absolute Gasteiger partial charge is 0.119 e. The van der Waals surface area contributed by atoms with Crippen molar-refractivity contribution in [3.05, 3.63) is 71.8 Å². The van der Waals surface area contributed by atoms with Gasteiger partial charge in [0.05, 0.1) is 24.3 Å². The van der Waals surface area contributed by atoms with Gasteiger partial charge in [-0.05, 0) is 86.3 Å². The number of rotatable bonds is 14. The van der Waals surface area contributed by atoms with Gasteiger partial charge in [0.15, 0.2) is 0 Å². The predicted molar refractivity (Wildman–Crippen MR) is 153 cm³/mol. The molecule has 0 saturated carbocycles. The molecule has 3 rings (SSSR count). The Morgan fingerprint density at radius 2 is 1.00 bits per heavy atom. The minimum Gasteiger partial charge on any atom is -0.494 e. The summed E-state index contributed by atoms with van der Waals surface area (Å²) in [6.07, 6.45) is 15.8. The van der Waals surface area contributed by atoms with E-state index in [-0.39, 0.29) is 0 Å². The highest BCUT2D eigenvalue weighted by Crippen LogP contribution is 2.41. The lowest BCUT2D eigenvalue weighted by Crippen LogP contribution is -1.96. The van der Waals surface area contributed by atoms with Gasteiger partial charge in [0.25, 0.3) is 0 Å². The summed E-state index contributed by atoms with van der Waals surface area (Å²) in [5, 5.41) is 19.1. The topological polar surface area (TPSA) is 66.0 Å². The van der Waals surface area contributed by atoms with Crippen LogP contribution in [-0.2, 0) is 0 Å². The Balaban J connectivity index is 1.70. The van der Waals surface area contributed by atoms with Gasteiger partial charge in [0.1, 0.15) is 23.6 Å². The average molecular weight is 537 g/mol. The molecular formula is C32H28N2O2S2. The maximum absolute atomic E-state index is 9.57. The summed E-state index contributed by atoms with van der Waals surface area (Å²) in [6, 6.07) is 23.6. The largest absolute Gasteiger partial charge is 0.494 e. The summed E-state index contributed by atoms with van der Waals surface area (Å²) in [7, 11) is 0. The van der Waals surface area contributed by atoms with Crippen molar-refractivity contribution in [3.8, 4) is 48.3 Å². The van der Waals surface area contributed by atoms with Crippen LogP contribution in [0.1, 0.15) is 49.7 Å². The normalized spacial score (nSPS) is 10.0. The van der Waals surface area contributed by atoms with Gasteiger partial charge >= 0.3 is 0 Å². The molecule has 0 bridgehead atoms. The molecule has 190 valence electrons. The van der Waals surface area contributed by atoms with Crippen LogP contribution in [0.5, 0.6) is 11.5 Å². The Labute approximate surface area is 234 Å². The predicted octanol–water partition coefficient (Wildman–Crippen LogP) is 8.10. The highest BCUT2D eigenvalue weighted by Gasteiger charge is 2.13. The maximum Gasteiger partial charge on any atom is 0.119 e. The molecule has 0 aromatic heterocycles. The number of terminal acetylenes is 2. The second-order valence-electron chi connectivity index (χ2n) is 8.23. The lowest BCUT2D eigenvalue weighted by atomic mass is 10.1. The first-order valence-electron chi connectivity index (χ1n) is 12.3. The summed E-state index contributed by atoms with van der Waals surface area (Å²) in [6.45, 7) is 1.26. The van der Waals surface area contributed by atoms with E-state index >= 15 is 0 Å². The summed E-state index contributed by atoms with van der Waals surface area (Å²) in [5.74, 6) is 6.89. The zero-order valence-electron chi connectivity index (χ0n) is 21.1. The Hall–Kier alpha value is -3.94. The van der Waals surface area contributed by atoms with Gasteiger partial charge in [0, 0.05) is 32.4 Å². The van der Waals surface area contributed by atoms with E-state index in [0.29, 0.717) is 24.3 Å². The molecule has 0 radical (unpaired) electrons. The minimum absolute atomic E-state index is 0.361. The van der Waals surface area contributed by atoms with E-state index in [9.17, 15) is 10.5 Å². The Morgan fingerprint density at radius 3 is 1.34 bits per heavy atom. The second-order valence-corrected chi connectivity index (χ2v) is 10.5. The van der Waals surface area contributed by atoms with Crippen molar-refractivity contribution in [2.45, 2.75) is 58.1 Å². The van der Waals surface area contributed by atoms with E-state index in [1.807, 2.05) is 48.5 Å². The first-order chi connectivity index (χ1) is 18.7. The maximum atomic E-state index is 9.57. The van der Waals surface area contributed by atoms with Gasteiger partial charge < -0.3 is 9.47 Å². The van der Waals surface area contributed by atoms with E-state index < -0.39 is 0 Å². The Kier molecular flexibility index (Phi) is 12.1. The number of benzene rings is 3. The van der Waals surface area contributed by atoms with Crippen LogP contribution in [0, 0.1) is 47.3 Å². The van der Waals surface area contributed by atoms with Crippen LogP contribution < -0.4 is 9.47 Å². The quantitative estimate of drug-likeness (QED) is 0.153. The molecule has 0 amide bonds. The molecule has 3 aromatic carbocycles. The average Bonchev–Trinajstić information content (AvgIpc) is 2.95. The lowest BCUT2D eigenvalue weighted by Gasteiger charge is -2.12. The van der Waals surface area contributed by atoms with Crippen molar-refractivity contribution in [1.82, 2.24) is 0 Å². The third-order valence-corrected chi connectivity index (χ3v) is 7.66. The highest BCUT2D eigenvalue weighted by molar-refractivity contribution is 8.02. The van der Waals surface area contributed by atoms with Gasteiger partial charge in [-0.25, -0.2) is 0 Å². The van der Waals surface area contributed by atoms with Crippen LogP contribution in [0.4, 0.5) is 0 Å². The van der Waals surface area contributed by atoms with Crippen molar-refractivity contribution in [3.63, 3.8) is 0 Å². The van der Waals surface area contributed by atoms with Crippen LogP contribution in [-0.4, -0.2) is 13.2 Å². The third-order valence-electron chi connectivity index (χ3n) is 5.40. The first kappa shape index (κ1) is 28.6. The molecule has 38 heavy (non-hydrogen) atoms. The molecule has 0 aliphatic carbocycles. The monoisotopic (exact) mass is 536 g/mol. The summed E-state index contributed by atoms with van der Waals surface area (Å²) >= 11 is 3.10. The van der Waals surface area contributed by atoms with Crippen molar-refractivity contribution >= 4 is 23.5 Å². The van der Waals surface area contributed by atoms with E-state index in [4.69, 9.17) is 22.3 Å². The third kappa shape index (κ3) is 9.18. The fourth-order valence-electron chi connectivity index (χ4n) is 3.40. The van der Waals surface area contributed by atoms with Crippen LogP contribution in [0.3, 0.4) is 0 Å². The van der Waals surface area contributed by atoms with Gasteiger partial charge in [-0.15, -0.1) is 24.7 Å². The molecule has 0 spiro atoms. The molecule has 0 N–H and O–H groups in total. The van der Waals surface area contributed by atoms with E-state index in [0.717, 1.165) is 69.6 Å². The first-order valence-corrected chi connectivity index (χ1v) is 14.0. The van der Waals surface area contributed by atoms with Crippen molar-refractivity contribution in [2.75, 3.05) is 13.2 Å². The highest BCUT2D eigenvalue weighted by atomic mass is 32.2.